The summed E-state index contributed by atoms with van der Waals surface area (Å²) in [5.41, 5.74) is 3.33. The molecule has 2 bridgehead atoms. The Morgan fingerprint density at radius 3 is 2.53 bits per heavy atom. The van der Waals surface area contributed by atoms with Crippen molar-refractivity contribution in [1.29, 1.82) is 0 Å². The molecule has 4 atom stereocenters. The molecule has 3 aliphatic rings. The highest BCUT2D eigenvalue weighted by atomic mass is 32.2. The zero-order valence-corrected chi connectivity index (χ0v) is 19.6. The van der Waals surface area contributed by atoms with Gasteiger partial charge in [0, 0.05) is 30.7 Å². The van der Waals surface area contributed by atoms with E-state index in [-0.39, 0.29) is 0 Å². The van der Waals surface area contributed by atoms with Crippen molar-refractivity contribution in [3.05, 3.63) is 78.0 Å². The van der Waals surface area contributed by atoms with Gasteiger partial charge in [0.05, 0.1) is 10.4 Å². The Hall–Kier alpha value is -2.37. The van der Waals surface area contributed by atoms with Gasteiger partial charge in [0.15, 0.2) is 0 Å². The van der Waals surface area contributed by atoms with Crippen molar-refractivity contribution in [3.8, 4) is 0 Å². The van der Waals surface area contributed by atoms with E-state index in [2.05, 4.69) is 30.0 Å². The summed E-state index contributed by atoms with van der Waals surface area (Å²) in [5, 5.41) is 1.03. The number of likely N-dealkylation sites (tertiary alicyclic amines) is 1. The van der Waals surface area contributed by atoms with Gasteiger partial charge in [-0.2, -0.15) is 0 Å². The first-order valence-electron chi connectivity index (χ1n) is 11.7. The molecule has 2 aliphatic carbocycles. The highest BCUT2D eigenvalue weighted by molar-refractivity contribution is 7.90. The molecule has 0 amide bonds. The summed E-state index contributed by atoms with van der Waals surface area (Å²) in [5.74, 6) is 1.50. The van der Waals surface area contributed by atoms with Crippen LogP contribution in [0.5, 0.6) is 0 Å². The summed E-state index contributed by atoms with van der Waals surface area (Å²) in [7, 11) is -3.65. The number of fused-ring (bicyclic) bond motifs is 4. The van der Waals surface area contributed by atoms with Crippen molar-refractivity contribution in [2.24, 2.45) is 17.3 Å². The minimum atomic E-state index is -3.65. The molecule has 4 nitrogen and oxygen atoms in total. The van der Waals surface area contributed by atoms with Crippen LogP contribution in [0.25, 0.3) is 10.9 Å². The highest BCUT2D eigenvalue weighted by Crippen LogP contribution is 2.58. The lowest BCUT2D eigenvalue weighted by atomic mass is 9.74. The number of para-hydroxylation sites is 1. The fourth-order valence-electron chi connectivity index (χ4n) is 6.61. The van der Waals surface area contributed by atoms with Gasteiger partial charge in [0.25, 0.3) is 10.0 Å². The normalized spacial score (nSPS) is 29.6. The molecule has 1 saturated carbocycles. The van der Waals surface area contributed by atoms with Crippen LogP contribution in [0, 0.1) is 24.2 Å². The SMILES string of the molecule is Cc1ccc(S(=O)(=O)n2cc(CN3CC4(CC3C)C[C@H]3C=C[C@@H]4C3)c3ccccc32)cc1. The molecule has 6 rings (SSSR count). The molecule has 2 unspecified atom stereocenters. The molecule has 1 spiro atoms. The average Bonchev–Trinajstić information content (AvgIpc) is 3.52. The van der Waals surface area contributed by atoms with E-state index in [4.69, 9.17) is 0 Å². The smallest absolute Gasteiger partial charge is 0.268 e. The van der Waals surface area contributed by atoms with E-state index < -0.39 is 10.0 Å². The van der Waals surface area contributed by atoms with Gasteiger partial charge in [0.1, 0.15) is 0 Å². The van der Waals surface area contributed by atoms with Gasteiger partial charge in [-0.25, -0.2) is 12.4 Å². The van der Waals surface area contributed by atoms with Crippen LogP contribution in [0.3, 0.4) is 0 Å². The molecule has 2 heterocycles. The van der Waals surface area contributed by atoms with E-state index in [9.17, 15) is 8.42 Å². The molecule has 2 aromatic carbocycles. The van der Waals surface area contributed by atoms with Crippen molar-refractivity contribution < 1.29 is 8.42 Å². The first kappa shape index (κ1) is 20.3. The average molecular weight is 447 g/mol. The van der Waals surface area contributed by atoms with E-state index in [0.717, 1.165) is 47.0 Å². The first-order chi connectivity index (χ1) is 15.4. The fraction of sp³-hybridized carbons (Fsp3) is 0.407. The van der Waals surface area contributed by atoms with Crippen molar-refractivity contribution in [3.63, 3.8) is 0 Å². The summed E-state index contributed by atoms with van der Waals surface area (Å²) in [6, 6.07) is 15.5. The maximum Gasteiger partial charge on any atom is 0.268 e. The number of aryl methyl sites for hydroxylation is 1. The van der Waals surface area contributed by atoms with Gasteiger partial charge in [-0.05, 0) is 74.1 Å². The number of hydrogen-bond acceptors (Lipinski definition) is 3. The Morgan fingerprint density at radius 2 is 1.81 bits per heavy atom. The lowest BCUT2D eigenvalue weighted by molar-refractivity contribution is 0.206. The predicted molar refractivity (Wildman–Crippen MR) is 128 cm³/mol. The van der Waals surface area contributed by atoms with Gasteiger partial charge in [-0.15, -0.1) is 0 Å². The Morgan fingerprint density at radius 1 is 1.03 bits per heavy atom. The van der Waals surface area contributed by atoms with Crippen molar-refractivity contribution in [2.45, 2.75) is 50.6 Å². The van der Waals surface area contributed by atoms with Crippen LogP contribution in [-0.2, 0) is 16.6 Å². The topological polar surface area (TPSA) is 42.3 Å². The van der Waals surface area contributed by atoms with E-state index >= 15 is 0 Å². The highest BCUT2D eigenvalue weighted by Gasteiger charge is 2.53. The molecule has 5 heteroatoms. The Kier molecular flexibility index (Phi) is 4.47. The first-order valence-corrected chi connectivity index (χ1v) is 13.1. The zero-order chi connectivity index (χ0) is 22.1. The third-order valence-electron chi connectivity index (χ3n) is 8.18. The quantitative estimate of drug-likeness (QED) is 0.507. The summed E-state index contributed by atoms with van der Waals surface area (Å²) >= 11 is 0. The van der Waals surface area contributed by atoms with Gasteiger partial charge < -0.3 is 0 Å². The summed E-state index contributed by atoms with van der Waals surface area (Å²) in [4.78, 5) is 2.91. The summed E-state index contributed by atoms with van der Waals surface area (Å²) in [6.45, 7) is 6.22. The number of rotatable bonds is 4. The Bertz CT molecular complexity index is 1320. The van der Waals surface area contributed by atoms with Gasteiger partial charge >= 0.3 is 0 Å². The van der Waals surface area contributed by atoms with Crippen molar-refractivity contribution >= 4 is 20.9 Å². The van der Waals surface area contributed by atoms with Crippen LogP contribution in [0.1, 0.15) is 37.3 Å². The van der Waals surface area contributed by atoms with E-state index in [1.807, 2.05) is 43.5 Å². The van der Waals surface area contributed by atoms with Crippen molar-refractivity contribution in [1.82, 2.24) is 8.87 Å². The van der Waals surface area contributed by atoms with Crippen LogP contribution < -0.4 is 0 Å². The molecular formula is C27H30N2O2S. The largest absolute Gasteiger partial charge is 0.296 e. The second-order valence-corrected chi connectivity index (χ2v) is 12.1. The second kappa shape index (κ2) is 7.06. The number of allylic oxidation sites excluding steroid dienone is 2. The van der Waals surface area contributed by atoms with E-state index in [1.165, 1.54) is 23.2 Å². The molecular weight excluding hydrogens is 416 g/mol. The third-order valence-corrected chi connectivity index (χ3v) is 9.87. The molecule has 1 saturated heterocycles. The molecule has 0 radical (unpaired) electrons. The summed E-state index contributed by atoms with van der Waals surface area (Å²) < 4.78 is 28.5. The van der Waals surface area contributed by atoms with Crippen LogP contribution in [0.15, 0.2) is 71.8 Å². The number of hydrogen-bond donors (Lipinski definition) is 0. The molecule has 0 N–H and O–H groups in total. The molecule has 1 aromatic heterocycles. The monoisotopic (exact) mass is 446 g/mol. The van der Waals surface area contributed by atoms with Crippen LogP contribution in [-0.4, -0.2) is 29.9 Å². The third kappa shape index (κ3) is 3.01. The minimum Gasteiger partial charge on any atom is -0.296 e. The maximum atomic E-state index is 13.5. The Labute approximate surface area is 190 Å². The lowest BCUT2D eigenvalue weighted by Gasteiger charge is -2.31. The van der Waals surface area contributed by atoms with E-state index in [1.54, 1.807) is 12.1 Å². The minimum absolute atomic E-state index is 0.331. The predicted octanol–water partition coefficient (Wildman–Crippen LogP) is 5.36. The van der Waals surface area contributed by atoms with Crippen LogP contribution >= 0.6 is 0 Å². The molecule has 1 aliphatic heterocycles. The van der Waals surface area contributed by atoms with Crippen molar-refractivity contribution in [2.75, 3.05) is 6.54 Å². The molecule has 166 valence electrons. The van der Waals surface area contributed by atoms with Gasteiger partial charge in [0.2, 0.25) is 0 Å². The number of benzene rings is 2. The Balaban J connectivity index is 1.36. The van der Waals surface area contributed by atoms with E-state index in [0.29, 0.717) is 16.4 Å². The second-order valence-electron chi connectivity index (χ2n) is 10.3. The number of nitrogens with zero attached hydrogens (tertiary/aromatic N) is 2. The fourth-order valence-corrected chi connectivity index (χ4v) is 8.00. The number of aromatic nitrogens is 1. The van der Waals surface area contributed by atoms with Gasteiger partial charge in [-0.1, -0.05) is 48.0 Å². The summed E-state index contributed by atoms with van der Waals surface area (Å²) in [6.07, 6.45) is 10.6. The zero-order valence-electron chi connectivity index (χ0n) is 18.7. The standard InChI is InChI=1S/C27H30N2O2S/c1-19-7-11-24(12-8-19)32(30,31)29-17-22(25-5-3-4-6-26(25)29)16-28-18-27(14-20(28)2)15-21-9-10-23(27)13-21/h3-12,17,20-21,23H,13-16,18H2,1-2H3/t20?,21-,23+,27?/m0/s1. The lowest BCUT2D eigenvalue weighted by Crippen LogP contribution is -2.31. The maximum absolute atomic E-state index is 13.5. The molecule has 32 heavy (non-hydrogen) atoms. The molecule has 3 aromatic rings. The molecule has 2 fully saturated rings. The van der Waals surface area contributed by atoms with Crippen LogP contribution in [0.4, 0.5) is 0 Å². The van der Waals surface area contributed by atoms with Gasteiger partial charge in [-0.3, -0.25) is 4.90 Å². The van der Waals surface area contributed by atoms with Crippen LogP contribution in [0.2, 0.25) is 0 Å².